The molecular weight excluding hydrogens is 340 g/mol. The Morgan fingerprint density at radius 3 is 2.48 bits per heavy atom. The van der Waals surface area contributed by atoms with Crippen molar-refractivity contribution in [2.75, 3.05) is 5.73 Å². The number of pyridine rings is 2. The molecule has 0 fully saturated rings. The number of aromatic amines is 1. The number of nitrogens with two attached hydrogens (primary N) is 1. The SMILES string of the molecule is Nc1ncccc1-c1n[nH]nc1Cc1ccc(OCc2ccncc2)cc1. The van der Waals surface area contributed by atoms with Gasteiger partial charge in [-0.2, -0.15) is 15.4 Å². The molecule has 7 heteroatoms. The first-order chi connectivity index (χ1) is 13.3. The quantitative estimate of drug-likeness (QED) is 0.549. The number of nitrogen functional groups attached to an aromatic ring is 1. The van der Waals surface area contributed by atoms with Gasteiger partial charge in [-0.15, -0.1) is 0 Å². The highest BCUT2D eigenvalue weighted by atomic mass is 16.5. The Kier molecular flexibility index (Phi) is 4.74. The molecule has 0 aliphatic rings. The zero-order valence-corrected chi connectivity index (χ0v) is 14.5. The van der Waals surface area contributed by atoms with Gasteiger partial charge in [0.1, 0.15) is 23.9 Å². The lowest BCUT2D eigenvalue weighted by Gasteiger charge is -2.07. The minimum Gasteiger partial charge on any atom is -0.489 e. The Labute approximate surface area is 156 Å². The fraction of sp³-hybridized carbons (Fsp3) is 0.100. The van der Waals surface area contributed by atoms with Gasteiger partial charge >= 0.3 is 0 Å². The van der Waals surface area contributed by atoms with Crippen LogP contribution in [0.15, 0.2) is 67.1 Å². The van der Waals surface area contributed by atoms with Crippen LogP contribution in [0.1, 0.15) is 16.8 Å². The van der Waals surface area contributed by atoms with Crippen molar-refractivity contribution in [3.05, 3.63) is 83.9 Å². The van der Waals surface area contributed by atoms with Gasteiger partial charge in [0.15, 0.2) is 0 Å². The van der Waals surface area contributed by atoms with E-state index in [1.165, 1.54) is 0 Å². The van der Waals surface area contributed by atoms with Gasteiger partial charge in [-0.1, -0.05) is 12.1 Å². The van der Waals surface area contributed by atoms with Crippen LogP contribution >= 0.6 is 0 Å². The lowest BCUT2D eigenvalue weighted by molar-refractivity contribution is 0.306. The van der Waals surface area contributed by atoms with Crippen molar-refractivity contribution in [2.45, 2.75) is 13.0 Å². The summed E-state index contributed by atoms with van der Waals surface area (Å²) in [7, 11) is 0. The van der Waals surface area contributed by atoms with E-state index in [4.69, 9.17) is 10.5 Å². The maximum Gasteiger partial charge on any atom is 0.132 e. The van der Waals surface area contributed by atoms with E-state index in [9.17, 15) is 0 Å². The molecule has 27 heavy (non-hydrogen) atoms. The van der Waals surface area contributed by atoms with Crippen LogP contribution < -0.4 is 10.5 Å². The minimum atomic E-state index is 0.438. The van der Waals surface area contributed by atoms with Crippen LogP contribution in [0.2, 0.25) is 0 Å². The predicted molar refractivity (Wildman–Crippen MR) is 102 cm³/mol. The zero-order valence-electron chi connectivity index (χ0n) is 14.5. The fourth-order valence-electron chi connectivity index (χ4n) is 2.75. The van der Waals surface area contributed by atoms with Crippen LogP contribution in [0.3, 0.4) is 0 Å². The maximum absolute atomic E-state index is 5.96. The molecule has 7 nitrogen and oxygen atoms in total. The highest BCUT2D eigenvalue weighted by Crippen LogP contribution is 2.26. The van der Waals surface area contributed by atoms with Crippen molar-refractivity contribution < 1.29 is 4.74 Å². The largest absolute Gasteiger partial charge is 0.489 e. The molecule has 1 aromatic carbocycles. The summed E-state index contributed by atoms with van der Waals surface area (Å²) in [6, 6.07) is 15.5. The Balaban J connectivity index is 1.45. The summed E-state index contributed by atoms with van der Waals surface area (Å²) in [6.45, 7) is 0.510. The van der Waals surface area contributed by atoms with E-state index in [0.29, 0.717) is 18.8 Å². The van der Waals surface area contributed by atoms with Gasteiger partial charge in [0.25, 0.3) is 0 Å². The number of benzene rings is 1. The van der Waals surface area contributed by atoms with Gasteiger partial charge < -0.3 is 10.5 Å². The molecule has 0 aliphatic carbocycles. The van der Waals surface area contributed by atoms with E-state index in [1.54, 1.807) is 18.6 Å². The third-order valence-corrected chi connectivity index (χ3v) is 4.16. The third-order valence-electron chi connectivity index (χ3n) is 4.16. The zero-order chi connectivity index (χ0) is 18.5. The lowest BCUT2D eigenvalue weighted by Crippen LogP contribution is -1.98. The minimum absolute atomic E-state index is 0.438. The first-order valence-corrected chi connectivity index (χ1v) is 8.51. The highest BCUT2D eigenvalue weighted by Gasteiger charge is 2.14. The average molecular weight is 358 g/mol. The molecule has 0 spiro atoms. The second kappa shape index (κ2) is 7.65. The predicted octanol–water partition coefficient (Wildman–Crippen LogP) is 3.01. The van der Waals surface area contributed by atoms with Crippen molar-refractivity contribution in [3.63, 3.8) is 0 Å². The van der Waals surface area contributed by atoms with Crippen LogP contribution in [0.4, 0.5) is 5.82 Å². The lowest BCUT2D eigenvalue weighted by atomic mass is 10.0. The molecule has 4 aromatic rings. The summed E-state index contributed by atoms with van der Waals surface area (Å²) in [6.07, 6.45) is 5.80. The van der Waals surface area contributed by atoms with Crippen LogP contribution in [0.25, 0.3) is 11.3 Å². The normalized spacial score (nSPS) is 10.7. The topological polar surface area (TPSA) is 103 Å². The summed E-state index contributed by atoms with van der Waals surface area (Å²) >= 11 is 0. The summed E-state index contributed by atoms with van der Waals surface area (Å²) in [5.41, 5.74) is 10.5. The number of aromatic nitrogens is 5. The van der Waals surface area contributed by atoms with Gasteiger partial charge in [0, 0.05) is 30.6 Å². The summed E-state index contributed by atoms with van der Waals surface area (Å²) in [5, 5.41) is 11.2. The number of hydrogen-bond acceptors (Lipinski definition) is 6. The van der Waals surface area contributed by atoms with Crippen LogP contribution in [0.5, 0.6) is 5.75 Å². The van der Waals surface area contributed by atoms with Gasteiger partial charge in [0.05, 0.1) is 5.69 Å². The van der Waals surface area contributed by atoms with Crippen LogP contribution in [0, 0.1) is 0 Å². The van der Waals surface area contributed by atoms with E-state index in [2.05, 4.69) is 25.4 Å². The van der Waals surface area contributed by atoms with E-state index in [0.717, 1.165) is 33.8 Å². The standard InChI is InChI=1S/C20H18N6O/c21-20-17(2-1-9-23-20)19-18(24-26-25-19)12-14-3-5-16(6-4-14)27-13-15-7-10-22-11-8-15/h1-11H,12-13H2,(H2,21,23)(H,24,25,26). The molecule has 0 radical (unpaired) electrons. The monoisotopic (exact) mass is 358 g/mol. The molecule has 0 bridgehead atoms. The second-order valence-corrected chi connectivity index (χ2v) is 6.02. The molecule has 0 aliphatic heterocycles. The fourth-order valence-corrected chi connectivity index (χ4v) is 2.75. The van der Waals surface area contributed by atoms with E-state index in [1.807, 2.05) is 48.5 Å². The highest BCUT2D eigenvalue weighted by molar-refractivity contribution is 5.72. The Bertz CT molecular complexity index is 1010. The van der Waals surface area contributed by atoms with Gasteiger partial charge in [-0.05, 0) is 47.5 Å². The van der Waals surface area contributed by atoms with E-state index >= 15 is 0 Å². The molecule has 0 amide bonds. The number of ether oxygens (including phenoxy) is 1. The molecule has 0 atom stereocenters. The first kappa shape index (κ1) is 16.7. The number of nitrogens with one attached hydrogen (secondary N) is 1. The van der Waals surface area contributed by atoms with Gasteiger partial charge in [-0.25, -0.2) is 4.98 Å². The van der Waals surface area contributed by atoms with Gasteiger partial charge in [-0.3, -0.25) is 4.98 Å². The Morgan fingerprint density at radius 2 is 1.70 bits per heavy atom. The Hall–Kier alpha value is -3.74. The second-order valence-electron chi connectivity index (χ2n) is 6.02. The molecule has 0 saturated carbocycles. The molecule has 0 saturated heterocycles. The molecular formula is C20H18N6O. The van der Waals surface area contributed by atoms with Crippen molar-refractivity contribution in [2.24, 2.45) is 0 Å². The molecule has 0 unspecified atom stereocenters. The number of hydrogen-bond donors (Lipinski definition) is 2. The summed E-state index contributed by atoms with van der Waals surface area (Å²) in [4.78, 5) is 8.12. The summed E-state index contributed by atoms with van der Waals surface area (Å²) < 4.78 is 5.80. The maximum atomic E-state index is 5.96. The smallest absolute Gasteiger partial charge is 0.132 e. The van der Waals surface area contributed by atoms with Crippen molar-refractivity contribution in [1.29, 1.82) is 0 Å². The van der Waals surface area contributed by atoms with Crippen LogP contribution in [-0.4, -0.2) is 25.4 Å². The summed E-state index contributed by atoms with van der Waals surface area (Å²) in [5.74, 6) is 1.25. The number of rotatable bonds is 6. The third kappa shape index (κ3) is 3.92. The number of H-pyrrole nitrogens is 1. The van der Waals surface area contributed by atoms with Crippen molar-refractivity contribution >= 4 is 5.82 Å². The molecule has 3 aromatic heterocycles. The average Bonchev–Trinajstić information content (AvgIpc) is 3.16. The molecule has 3 N–H and O–H groups in total. The molecule has 3 heterocycles. The Morgan fingerprint density at radius 1 is 0.889 bits per heavy atom. The number of nitrogens with zero attached hydrogens (tertiary/aromatic N) is 4. The van der Waals surface area contributed by atoms with Crippen molar-refractivity contribution in [1.82, 2.24) is 25.4 Å². The number of anilines is 1. The van der Waals surface area contributed by atoms with Gasteiger partial charge in [0.2, 0.25) is 0 Å². The van der Waals surface area contributed by atoms with E-state index in [-0.39, 0.29) is 0 Å². The molecule has 134 valence electrons. The molecule has 4 rings (SSSR count). The first-order valence-electron chi connectivity index (χ1n) is 8.51. The van der Waals surface area contributed by atoms with E-state index < -0.39 is 0 Å². The van der Waals surface area contributed by atoms with Crippen LogP contribution in [-0.2, 0) is 13.0 Å². The van der Waals surface area contributed by atoms with Crippen molar-refractivity contribution in [3.8, 4) is 17.0 Å².